The lowest BCUT2D eigenvalue weighted by molar-refractivity contribution is -0.384. The van der Waals surface area contributed by atoms with Crippen LogP contribution in [0.1, 0.15) is 24.4 Å². The van der Waals surface area contributed by atoms with Crippen LogP contribution in [0.25, 0.3) is 11.3 Å². The van der Waals surface area contributed by atoms with Crippen molar-refractivity contribution >= 4 is 28.9 Å². The molecule has 1 aromatic heterocycles. The zero-order chi connectivity index (χ0) is 24.2. The van der Waals surface area contributed by atoms with E-state index < -0.39 is 10.8 Å². The summed E-state index contributed by atoms with van der Waals surface area (Å²) in [6.07, 6.45) is 0. The van der Waals surface area contributed by atoms with E-state index in [9.17, 15) is 19.7 Å². The number of furan rings is 1. The summed E-state index contributed by atoms with van der Waals surface area (Å²) < 4.78 is 5.60. The van der Waals surface area contributed by atoms with E-state index in [1.54, 1.807) is 24.3 Å². The zero-order valence-corrected chi connectivity index (χ0v) is 19.1. The van der Waals surface area contributed by atoms with Crippen molar-refractivity contribution in [3.63, 3.8) is 0 Å². The van der Waals surface area contributed by atoms with E-state index in [1.165, 1.54) is 12.1 Å². The number of amides is 2. The molecule has 176 valence electrons. The summed E-state index contributed by atoms with van der Waals surface area (Å²) in [5.74, 6) is 0.0487. The predicted molar refractivity (Wildman–Crippen MR) is 129 cm³/mol. The standard InChI is InChI=1S/C25H26N4O5/c1-17(2)25(31)28-15-13-27(14-16-28)19-9-7-18(8-10-19)26-24(30)23-12-11-22(34-23)20-5-3-4-6-21(20)29(32)33/h3-12,17H,13-16H2,1-2H3,(H,26,30). The maximum Gasteiger partial charge on any atom is 0.291 e. The van der Waals surface area contributed by atoms with Gasteiger partial charge in [-0.1, -0.05) is 26.0 Å². The second kappa shape index (κ2) is 9.78. The van der Waals surface area contributed by atoms with Crippen LogP contribution in [0.4, 0.5) is 17.1 Å². The molecule has 0 saturated carbocycles. The van der Waals surface area contributed by atoms with E-state index in [-0.39, 0.29) is 29.0 Å². The second-order valence-corrected chi connectivity index (χ2v) is 8.41. The van der Waals surface area contributed by atoms with E-state index in [1.807, 2.05) is 43.0 Å². The number of nitrogens with one attached hydrogen (secondary N) is 1. The topological polar surface area (TPSA) is 109 Å². The highest BCUT2D eigenvalue weighted by molar-refractivity contribution is 6.02. The van der Waals surface area contributed by atoms with Gasteiger partial charge >= 0.3 is 0 Å². The lowest BCUT2D eigenvalue weighted by atomic mass is 10.1. The molecule has 1 aliphatic rings. The molecule has 4 rings (SSSR count). The molecule has 0 unspecified atom stereocenters. The summed E-state index contributed by atoms with van der Waals surface area (Å²) in [6.45, 7) is 6.72. The Morgan fingerprint density at radius 1 is 0.971 bits per heavy atom. The number of nitro benzene ring substituents is 1. The molecule has 0 bridgehead atoms. The first-order valence-electron chi connectivity index (χ1n) is 11.1. The Hall–Kier alpha value is -4.14. The number of nitro groups is 1. The van der Waals surface area contributed by atoms with Gasteiger partial charge in [0.2, 0.25) is 5.91 Å². The maximum absolute atomic E-state index is 12.6. The largest absolute Gasteiger partial charge is 0.451 e. The number of para-hydroxylation sites is 1. The highest BCUT2D eigenvalue weighted by Gasteiger charge is 2.23. The maximum atomic E-state index is 12.6. The second-order valence-electron chi connectivity index (χ2n) is 8.41. The third kappa shape index (κ3) is 4.93. The lowest BCUT2D eigenvalue weighted by Gasteiger charge is -2.37. The van der Waals surface area contributed by atoms with Crippen LogP contribution in [0.3, 0.4) is 0 Å². The molecule has 0 spiro atoms. The number of hydrogen-bond acceptors (Lipinski definition) is 6. The molecular formula is C25H26N4O5. The average Bonchev–Trinajstić information content (AvgIpc) is 3.34. The predicted octanol–water partition coefficient (Wildman–Crippen LogP) is 4.41. The Morgan fingerprint density at radius 2 is 1.65 bits per heavy atom. The van der Waals surface area contributed by atoms with E-state index in [4.69, 9.17) is 4.42 Å². The van der Waals surface area contributed by atoms with Gasteiger partial charge in [0.05, 0.1) is 10.5 Å². The summed E-state index contributed by atoms with van der Waals surface area (Å²) >= 11 is 0. The number of hydrogen-bond donors (Lipinski definition) is 1. The molecular weight excluding hydrogens is 436 g/mol. The first kappa shape index (κ1) is 23.0. The Kier molecular flexibility index (Phi) is 6.62. The molecule has 34 heavy (non-hydrogen) atoms. The monoisotopic (exact) mass is 462 g/mol. The van der Waals surface area contributed by atoms with Crippen molar-refractivity contribution in [2.24, 2.45) is 5.92 Å². The van der Waals surface area contributed by atoms with Crippen LogP contribution >= 0.6 is 0 Å². The number of carbonyl (C=O) groups excluding carboxylic acids is 2. The Morgan fingerprint density at radius 3 is 2.29 bits per heavy atom. The number of rotatable bonds is 6. The number of anilines is 2. The van der Waals surface area contributed by atoms with Crippen molar-refractivity contribution in [1.82, 2.24) is 4.90 Å². The van der Waals surface area contributed by atoms with Crippen LogP contribution < -0.4 is 10.2 Å². The lowest BCUT2D eigenvalue weighted by Crippen LogP contribution is -2.49. The summed E-state index contributed by atoms with van der Waals surface area (Å²) in [5, 5.41) is 14.0. The van der Waals surface area contributed by atoms with Crippen molar-refractivity contribution in [2.45, 2.75) is 13.8 Å². The first-order valence-corrected chi connectivity index (χ1v) is 11.1. The van der Waals surface area contributed by atoms with E-state index >= 15 is 0 Å². The molecule has 2 heterocycles. The Labute approximate surface area is 197 Å². The fourth-order valence-electron chi connectivity index (χ4n) is 3.94. The van der Waals surface area contributed by atoms with Gasteiger partial charge in [0.25, 0.3) is 11.6 Å². The van der Waals surface area contributed by atoms with Crippen molar-refractivity contribution in [2.75, 3.05) is 36.4 Å². The van der Waals surface area contributed by atoms with Crippen LogP contribution in [0, 0.1) is 16.0 Å². The molecule has 1 N–H and O–H groups in total. The van der Waals surface area contributed by atoms with Crippen LogP contribution in [0.15, 0.2) is 65.1 Å². The fraction of sp³-hybridized carbons (Fsp3) is 0.280. The molecule has 2 aromatic carbocycles. The molecule has 1 aliphatic heterocycles. The summed E-state index contributed by atoms with van der Waals surface area (Å²) in [4.78, 5) is 39.7. The highest BCUT2D eigenvalue weighted by Crippen LogP contribution is 2.31. The minimum atomic E-state index is -0.485. The van der Waals surface area contributed by atoms with Gasteiger partial charge in [-0.15, -0.1) is 0 Å². The van der Waals surface area contributed by atoms with Gasteiger partial charge in [-0.25, -0.2) is 0 Å². The smallest absolute Gasteiger partial charge is 0.291 e. The first-order chi connectivity index (χ1) is 16.3. The molecule has 3 aromatic rings. The molecule has 0 atom stereocenters. The normalized spacial score (nSPS) is 13.7. The fourth-order valence-corrected chi connectivity index (χ4v) is 3.94. The number of carbonyl (C=O) groups is 2. The summed E-state index contributed by atoms with van der Waals surface area (Å²) in [6, 6.07) is 16.7. The van der Waals surface area contributed by atoms with Gasteiger partial charge in [-0.3, -0.25) is 19.7 Å². The number of nitrogens with zero attached hydrogens (tertiary/aromatic N) is 3. The van der Waals surface area contributed by atoms with Crippen molar-refractivity contribution < 1.29 is 18.9 Å². The van der Waals surface area contributed by atoms with Gasteiger partial charge in [-0.2, -0.15) is 0 Å². The molecule has 0 radical (unpaired) electrons. The van der Waals surface area contributed by atoms with E-state index in [2.05, 4.69) is 10.2 Å². The van der Waals surface area contributed by atoms with Crippen LogP contribution in [0.2, 0.25) is 0 Å². The minimum absolute atomic E-state index is 0.00231. The van der Waals surface area contributed by atoms with Gasteiger partial charge < -0.3 is 19.5 Å². The van der Waals surface area contributed by atoms with Crippen molar-refractivity contribution in [1.29, 1.82) is 0 Å². The zero-order valence-electron chi connectivity index (χ0n) is 19.1. The minimum Gasteiger partial charge on any atom is -0.451 e. The number of benzene rings is 2. The Balaban J connectivity index is 1.38. The summed E-state index contributed by atoms with van der Waals surface area (Å²) in [5.41, 5.74) is 1.84. The third-order valence-corrected chi connectivity index (χ3v) is 5.77. The van der Waals surface area contributed by atoms with Crippen LogP contribution in [-0.4, -0.2) is 47.8 Å². The quantitative estimate of drug-likeness (QED) is 0.429. The average molecular weight is 463 g/mol. The SMILES string of the molecule is CC(C)C(=O)N1CCN(c2ccc(NC(=O)c3ccc(-c4ccccc4[N+](=O)[O-])o3)cc2)CC1. The highest BCUT2D eigenvalue weighted by atomic mass is 16.6. The molecule has 1 saturated heterocycles. The van der Waals surface area contributed by atoms with E-state index in [0.717, 1.165) is 18.8 Å². The number of piperazine rings is 1. The molecule has 2 amide bonds. The van der Waals surface area contributed by atoms with Gasteiger partial charge in [0, 0.05) is 49.5 Å². The van der Waals surface area contributed by atoms with Gasteiger partial charge in [-0.05, 0) is 42.5 Å². The van der Waals surface area contributed by atoms with E-state index in [0.29, 0.717) is 24.3 Å². The molecule has 9 nitrogen and oxygen atoms in total. The summed E-state index contributed by atoms with van der Waals surface area (Å²) in [7, 11) is 0. The van der Waals surface area contributed by atoms with Gasteiger partial charge in [0.1, 0.15) is 5.76 Å². The van der Waals surface area contributed by atoms with Crippen molar-refractivity contribution in [3.8, 4) is 11.3 Å². The van der Waals surface area contributed by atoms with Crippen LogP contribution in [0.5, 0.6) is 0 Å². The molecule has 1 fully saturated rings. The Bertz CT molecular complexity index is 1190. The van der Waals surface area contributed by atoms with Crippen molar-refractivity contribution in [3.05, 3.63) is 76.5 Å². The van der Waals surface area contributed by atoms with Gasteiger partial charge in [0.15, 0.2) is 5.76 Å². The molecule has 0 aliphatic carbocycles. The molecule has 9 heteroatoms. The third-order valence-electron chi connectivity index (χ3n) is 5.77. The van der Waals surface area contributed by atoms with Crippen LogP contribution in [-0.2, 0) is 4.79 Å².